The molecule has 2 heterocycles. The Morgan fingerprint density at radius 3 is 2.63 bits per heavy atom. The fourth-order valence-electron chi connectivity index (χ4n) is 4.49. The monoisotopic (exact) mass is 437 g/mol. The van der Waals surface area contributed by atoms with Gasteiger partial charge in [0, 0.05) is 55.5 Å². The molecule has 0 atom stereocenters. The molecule has 30 heavy (non-hydrogen) atoms. The van der Waals surface area contributed by atoms with E-state index in [1.54, 1.807) is 7.11 Å². The van der Waals surface area contributed by atoms with Gasteiger partial charge in [0.1, 0.15) is 5.75 Å². The zero-order valence-corrected chi connectivity index (χ0v) is 19.3. The van der Waals surface area contributed by atoms with Gasteiger partial charge in [-0.1, -0.05) is 11.6 Å². The molecule has 0 saturated carbocycles. The van der Waals surface area contributed by atoms with Crippen LogP contribution in [0.4, 0.5) is 0 Å². The number of benzene rings is 1. The lowest BCUT2D eigenvalue weighted by atomic mass is 9.73. The standard InChI is InChI=1S/C23H36ClN3O3/c1-4-25-22(27-12-8-19(9-13-27)30-5-2)26-17-23(10-14-29-15-11-23)20-16-18(24)6-7-21(20)28-3/h6-7,16,19H,4-5,8-15,17H2,1-3H3,(H,25,26). The molecule has 2 aliphatic heterocycles. The number of hydrogen-bond donors (Lipinski definition) is 1. The third-order valence-corrected chi connectivity index (χ3v) is 6.43. The van der Waals surface area contributed by atoms with Gasteiger partial charge in [0.15, 0.2) is 5.96 Å². The summed E-state index contributed by atoms with van der Waals surface area (Å²) in [5.74, 6) is 1.86. The molecule has 1 aromatic carbocycles. The minimum absolute atomic E-state index is 0.140. The number of piperidine rings is 1. The van der Waals surface area contributed by atoms with Crippen LogP contribution in [0.25, 0.3) is 0 Å². The maximum Gasteiger partial charge on any atom is 0.193 e. The second-order valence-electron chi connectivity index (χ2n) is 8.05. The van der Waals surface area contributed by atoms with Crippen LogP contribution in [0.5, 0.6) is 5.75 Å². The van der Waals surface area contributed by atoms with Crippen molar-refractivity contribution in [2.75, 3.05) is 53.1 Å². The molecule has 1 N–H and O–H groups in total. The summed E-state index contributed by atoms with van der Waals surface area (Å²) in [7, 11) is 1.72. The van der Waals surface area contributed by atoms with E-state index in [9.17, 15) is 0 Å². The van der Waals surface area contributed by atoms with Crippen molar-refractivity contribution in [2.24, 2.45) is 4.99 Å². The van der Waals surface area contributed by atoms with E-state index < -0.39 is 0 Å². The second kappa shape index (κ2) is 11.2. The van der Waals surface area contributed by atoms with Crippen LogP contribution in [0.2, 0.25) is 5.02 Å². The van der Waals surface area contributed by atoms with Gasteiger partial charge in [0.2, 0.25) is 0 Å². The molecule has 2 saturated heterocycles. The molecule has 0 aromatic heterocycles. The summed E-state index contributed by atoms with van der Waals surface area (Å²) in [6.07, 6.45) is 4.25. The number of likely N-dealkylation sites (tertiary alicyclic amines) is 1. The van der Waals surface area contributed by atoms with E-state index in [2.05, 4.69) is 24.1 Å². The second-order valence-corrected chi connectivity index (χ2v) is 8.49. The average Bonchev–Trinajstić information content (AvgIpc) is 2.78. The van der Waals surface area contributed by atoms with Crippen LogP contribution in [0, 0.1) is 0 Å². The molecule has 0 aliphatic carbocycles. The molecule has 0 spiro atoms. The third kappa shape index (κ3) is 5.59. The largest absolute Gasteiger partial charge is 0.496 e. The first kappa shape index (κ1) is 23.2. The van der Waals surface area contributed by atoms with Gasteiger partial charge in [-0.15, -0.1) is 0 Å². The molecule has 7 heteroatoms. The van der Waals surface area contributed by atoms with E-state index in [4.69, 9.17) is 30.8 Å². The van der Waals surface area contributed by atoms with E-state index in [1.165, 1.54) is 0 Å². The van der Waals surface area contributed by atoms with E-state index in [-0.39, 0.29) is 5.41 Å². The van der Waals surface area contributed by atoms with E-state index in [0.29, 0.717) is 12.6 Å². The molecule has 2 aliphatic rings. The highest BCUT2D eigenvalue weighted by molar-refractivity contribution is 6.30. The van der Waals surface area contributed by atoms with Gasteiger partial charge >= 0.3 is 0 Å². The molecular weight excluding hydrogens is 402 g/mol. The fraction of sp³-hybridized carbons (Fsp3) is 0.696. The van der Waals surface area contributed by atoms with Crippen LogP contribution in [0.1, 0.15) is 45.1 Å². The summed E-state index contributed by atoms with van der Waals surface area (Å²) in [6.45, 7) is 9.87. The molecule has 1 aromatic rings. The first-order valence-electron chi connectivity index (χ1n) is 11.2. The minimum Gasteiger partial charge on any atom is -0.496 e. The minimum atomic E-state index is -0.140. The number of hydrogen-bond acceptors (Lipinski definition) is 4. The summed E-state index contributed by atoms with van der Waals surface area (Å²) in [5.41, 5.74) is 0.995. The summed E-state index contributed by atoms with van der Waals surface area (Å²) in [4.78, 5) is 7.48. The Hall–Kier alpha value is -1.50. The number of guanidine groups is 1. The number of ether oxygens (including phenoxy) is 3. The molecule has 0 unspecified atom stereocenters. The number of halogens is 1. The SMILES string of the molecule is CCNC(=NCC1(c2cc(Cl)ccc2OC)CCOCC1)N1CCC(OCC)CC1. The maximum absolute atomic E-state index is 6.37. The average molecular weight is 438 g/mol. The van der Waals surface area contributed by atoms with Gasteiger partial charge in [-0.3, -0.25) is 4.99 Å². The van der Waals surface area contributed by atoms with Gasteiger partial charge in [0.05, 0.1) is 19.8 Å². The normalized spacial score (nSPS) is 20.3. The number of methoxy groups -OCH3 is 1. The predicted molar refractivity (Wildman–Crippen MR) is 122 cm³/mol. The molecule has 3 rings (SSSR count). The van der Waals surface area contributed by atoms with Crippen LogP contribution in [0.15, 0.2) is 23.2 Å². The van der Waals surface area contributed by atoms with Gasteiger partial charge < -0.3 is 24.4 Å². The van der Waals surface area contributed by atoms with E-state index >= 15 is 0 Å². The molecule has 0 radical (unpaired) electrons. The molecule has 0 bridgehead atoms. The van der Waals surface area contributed by atoms with Gasteiger partial charge in [-0.2, -0.15) is 0 Å². The number of rotatable bonds is 7. The van der Waals surface area contributed by atoms with Crippen LogP contribution in [-0.4, -0.2) is 70.1 Å². The quantitative estimate of drug-likeness (QED) is 0.518. The summed E-state index contributed by atoms with van der Waals surface area (Å²) >= 11 is 6.37. The topological polar surface area (TPSA) is 55.3 Å². The molecular formula is C23H36ClN3O3. The Morgan fingerprint density at radius 1 is 1.27 bits per heavy atom. The molecule has 0 amide bonds. The van der Waals surface area contributed by atoms with E-state index in [0.717, 1.165) is 87.4 Å². The fourth-order valence-corrected chi connectivity index (χ4v) is 4.66. The van der Waals surface area contributed by atoms with Crippen LogP contribution >= 0.6 is 11.6 Å². The van der Waals surface area contributed by atoms with Crippen molar-refractivity contribution in [1.82, 2.24) is 10.2 Å². The van der Waals surface area contributed by atoms with Crippen LogP contribution in [0.3, 0.4) is 0 Å². The Labute approximate surface area is 185 Å². The summed E-state index contributed by atoms with van der Waals surface area (Å²) in [6, 6.07) is 5.89. The highest BCUT2D eigenvalue weighted by Gasteiger charge is 2.37. The van der Waals surface area contributed by atoms with Crippen molar-refractivity contribution in [2.45, 2.75) is 51.0 Å². The Balaban J connectivity index is 1.83. The number of aliphatic imine (C=N–C) groups is 1. The van der Waals surface area contributed by atoms with Crippen LogP contribution in [-0.2, 0) is 14.9 Å². The molecule has 6 nitrogen and oxygen atoms in total. The Kier molecular flexibility index (Phi) is 8.66. The highest BCUT2D eigenvalue weighted by atomic mass is 35.5. The van der Waals surface area contributed by atoms with Crippen molar-refractivity contribution >= 4 is 17.6 Å². The van der Waals surface area contributed by atoms with Crippen molar-refractivity contribution in [3.63, 3.8) is 0 Å². The zero-order chi connectivity index (χ0) is 21.4. The first-order valence-corrected chi connectivity index (χ1v) is 11.6. The number of nitrogens with zero attached hydrogens (tertiary/aromatic N) is 2. The van der Waals surface area contributed by atoms with Crippen molar-refractivity contribution in [3.05, 3.63) is 28.8 Å². The third-order valence-electron chi connectivity index (χ3n) is 6.19. The highest BCUT2D eigenvalue weighted by Crippen LogP contribution is 2.41. The van der Waals surface area contributed by atoms with Crippen LogP contribution < -0.4 is 10.1 Å². The van der Waals surface area contributed by atoms with Crippen molar-refractivity contribution in [1.29, 1.82) is 0 Å². The predicted octanol–water partition coefficient (Wildman–Crippen LogP) is 3.86. The smallest absolute Gasteiger partial charge is 0.193 e. The summed E-state index contributed by atoms with van der Waals surface area (Å²) < 4.78 is 17.2. The lowest BCUT2D eigenvalue weighted by molar-refractivity contribution is 0.0262. The summed E-state index contributed by atoms with van der Waals surface area (Å²) in [5, 5.41) is 4.22. The van der Waals surface area contributed by atoms with Gasteiger partial charge in [-0.25, -0.2) is 0 Å². The Morgan fingerprint density at radius 2 is 2.00 bits per heavy atom. The van der Waals surface area contributed by atoms with Gasteiger partial charge in [-0.05, 0) is 57.7 Å². The molecule has 168 valence electrons. The maximum atomic E-state index is 6.37. The lowest BCUT2D eigenvalue weighted by Crippen LogP contribution is -2.48. The van der Waals surface area contributed by atoms with Crippen molar-refractivity contribution in [3.8, 4) is 5.75 Å². The Bertz CT molecular complexity index is 699. The first-order chi connectivity index (χ1) is 14.6. The zero-order valence-electron chi connectivity index (χ0n) is 18.6. The van der Waals surface area contributed by atoms with E-state index in [1.807, 2.05) is 18.2 Å². The van der Waals surface area contributed by atoms with Gasteiger partial charge in [0.25, 0.3) is 0 Å². The molecule has 2 fully saturated rings. The van der Waals surface area contributed by atoms with Crippen molar-refractivity contribution < 1.29 is 14.2 Å². The lowest BCUT2D eigenvalue weighted by Gasteiger charge is -2.38. The number of nitrogens with one attached hydrogen (secondary N) is 1.